The maximum atomic E-state index is 12.7. The summed E-state index contributed by atoms with van der Waals surface area (Å²) in [6.45, 7) is 7.08. The largest absolute Gasteiger partial charge is 0.338 e. The number of halogens is 1. The van der Waals surface area contributed by atoms with Gasteiger partial charge in [-0.1, -0.05) is 0 Å². The molecule has 6 nitrogen and oxygen atoms in total. The summed E-state index contributed by atoms with van der Waals surface area (Å²) >= 11 is 3.36. The fourth-order valence-electron chi connectivity index (χ4n) is 2.27. The zero-order chi connectivity index (χ0) is 15.6. The average molecular weight is 354 g/mol. The monoisotopic (exact) mass is 353 g/mol. The molecule has 0 unspecified atom stereocenters. The summed E-state index contributed by atoms with van der Waals surface area (Å²) < 4.78 is 4.42. The average Bonchev–Trinajstić information content (AvgIpc) is 3.06. The molecule has 2 aromatic heterocycles. The number of aryl methyl sites for hydroxylation is 1. The lowest BCUT2D eigenvalue weighted by atomic mass is 10.0. The van der Waals surface area contributed by atoms with Gasteiger partial charge in [-0.05, 0) is 42.8 Å². The maximum Gasteiger partial charge on any atom is 0.250 e. The third kappa shape index (κ3) is 3.18. The third-order valence-corrected chi connectivity index (χ3v) is 3.91. The van der Waals surface area contributed by atoms with E-state index in [9.17, 15) is 4.79 Å². The molecule has 0 aliphatic heterocycles. The first-order chi connectivity index (χ1) is 9.86. The van der Waals surface area contributed by atoms with Gasteiger partial charge in [-0.15, -0.1) is 0 Å². The molecule has 114 valence electrons. The zero-order valence-electron chi connectivity index (χ0n) is 12.7. The predicted octanol–water partition coefficient (Wildman–Crippen LogP) is 2.26. The molecule has 0 aliphatic rings. The highest BCUT2D eigenvalue weighted by Gasteiger charge is 2.33. The van der Waals surface area contributed by atoms with E-state index in [1.54, 1.807) is 29.0 Å². The number of aromatic nitrogens is 4. The highest BCUT2D eigenvalue weighted by molar-refractivity contribution is 9.10. The van der Waals surface area contributed by atoms with Crippen molar-refractivity contribution >= 4 is 21.8 Å². The molecule has 2 rings (SSSR count). The Bertz CT molecular complexity index is 631. The van der Waals surface area contributed by atoms with E-state index < -0.39 is 5.54 Å². The van der Waals surface area contributed by atoms with Gasteiger partial charge in [0.05, 0.1) is 22.9 Å². The normalized spacial score (nSPS) is 11.7. The van der Waals surface area contributed by atoms with Gasteiger partial charge in [0.2, 0.25) is 5.91 Å². The number of hydrogen-bond donors (Lipinski definition) is 0. The second-order valence-corrected chi connectivity index (χ2v) is 6.38. The Morgan fingerprint density at radius 1 is 1.43 bits per heavy atom. The Morgan fingerprint density at radius 3 is 2.71 bits per heavy atom. The molecule has 0 atom stereocenters. The number of hydrogen-bond acceptors (Lipinski definition) is 3. The molecule has 0 fully saturated rings. The smallest absolute Gasteiger partial charge is 0.250 e. The van der Waals surface area contributed by atoms with E-state index in [1.807, 2.05) is 37.7 Å². The molecule has 0 radical (unpaired) electrons. The minimum atomic E-state index is -0.738. The molecule has 0 aromatic carbocycles. The minimum absolute atomic E-state index is 0.00181. The van der Waals surface area contributed by atoms with Crippen LogP contribution in [0.1, 0.15) is 26.5 Å². The Morgan fingerprint density at radius 2 is 2.14 bits per heavy atom. The summed E-state index contributed by atoms with van der Waals surface area (Å²) in [5.41, 5.74) is 0.281. The lowest BCUT2D eigenvalue weighted by Gasteiger charge is -2.29. The van der Waals surface area contributed by atoms with E-state index in [4.69, 9.17) is 0 Å². The summed E-state index contributed by atoms with van der Waals surface area (Å²) in [4.78, 5) is 14.4. The number of nitrogens with zero attached hydrogens (tertiary/aromatic N) is 5. The van der Waals surface area contributed by atoms with Crippen LogP contribution in [0.5, 0.6) is 0 Å². The van der Waals surface area contributed by atoms with Crippen molar-refractivity contribution in [1.82, 2.24) is 24.5 Å². The highest BCUT2D eigenvalue weighted by atomic mass is 79.9. The summed E-state index contributed by atoms with van der Waals surface area (Å²) in [7, 11) is 1.80. The van der Waals surface area contributed by atoms with Crippen molar-refractivity contribution in [2.75, 3.05) is 7.05 Å². The Hall–Kier alpha value is -1.63. The number of likely N-dealkylation sites (N-methyl/N-ethyl adjacent to an activating group) is 1. The first kappa shape index (κ1) is 15.8. The van der Waals surface area contributed by atoms with E-state index in [1.165, 1.54) is 0 Å². The molecule has 0 aliphatic carbocycles. The van der Waals surface area contributed by atoms with Crippen LogP contribution in [0.25, 0.3) is 0 Å². The van der Waals surface area contributed by atoms with Gasteiger partial charge in [0.25, 0.3) is 0 Å². The molecule has 21 heavy (non-hydrogen) atoms. The second-order valence-electron chi connectivity index (χ2n) is 5.46. The maximum absolute atomic E-state index is 12.7. The van der Waals surface area contributed by atoms with Crippen LogP contribution in [-0.2, 0) is 23.4 Å². The van der Waals surface area contributed by atoms with Crippen LogP contribution in [0, 0.1) is 0 Å². The van der Waals surface area contributed by atoms with Crippen LogP contribution in [0.4, 0.5) is 0 Å². The molecule has 2 heterocycles. The Labute approximate surface area is 132 Å². The Balaban J connectivity index is 2.15. The van der Waals surface area contributed by atoms with Crippen molar-refractivity contribution in [3.05, 3.63) is 34.8 Å². The van der Waals surface area contributed by atoms with Crippen molar-refractivity contribution in [2.24, 2.45) is 0 Å². The topological polar surface area (TPSA) is 56.0 Å². The molecule has 0 saturated carbocycles. The molecular weight excluding hydrogens is 334 g/mol. The van der Waals surface area contributed by atoms with E-state index in [0.29, 0.717) is 6.54 Å². The van der Waals surface area contributed by atoms with Gasteiger partial charge >= 0.3 is 0 Å². The van der Waals surface area contributed by atoms with Gasteiger partial charge in [-0.2, -0.15) is 10.2 Å². The minimum Gasteiger partial charge on any atom is -0.338 e. The van der Waals surface area contributed by atoms with E-state index in [0.717, 1.165) is 16.7 Å². The van der Waals surface area contributed by atoms with E-state index in [-0.39, 0.29) is 5.91 Å². The van der Waals surface area contributed by atoms with Crippen LogP contribution < -0.4 is 0 Å². The van der Waals surface area contributed by atoms with Gasteiger partial charge < -0.3 is 4.90 Å². The second kappa shape index (κ2) is 6.01. The van der Waals surface area contributed by atoms with Crippen molar-refractivity contribution in [1.29, 1.82) is 0 Å². The van der Waals surface area contributed by atoms with Crippen molar-refractivity contribution in [3.8, 4) is 0 Å². The van der Waals surface area contributed by atoms with Gasteiger partial charge in [-0.25, -0.2) is 0 Å². The number of carbonyl (C=O) groups is 1. The number of carbonyl (C=O) groups excluding carboxylic acids is 1. The molecule has 0 N–H and O–H groups in total. The first-order valence-corrected chi connectivity index (χ1v) is 7.62. The molecule has 7 heteroatoms. The third-order valence-electron chi connectivity index (χ3n) is 3.50. The molecular formula is C14H20BrN5O. The summed E-state index contributed by atoms with van der Waals surface area (Å²) in [5.74, 6) is 0.00181. The quantitative estimate of drug-likeness (QED) is 0.828. The van der Waals surface area contributed by atoms with Crippen LogP contribution >= 0.6 is 15.9 Å². The van der Waals surface area contributed by atoms with Gasteiger partial charge in [-0.3, -0.25) is 14.2 Å². The van der Waals surface area contributed by atoms with E-state index >= 15 is 0 Å². The zero-order valence-corrected chi connectivity index (χ0v) is 14.3. The molecule has 1 amide bonds. The number of rotatable bonds is 5. The van der Waals surface area contributed by atoms with Crippen LogP contribution in [0.3, 0.4) is 0 Å². The lowest BCUT2D eigenvalue weighted by molar-refractivity contribution is -0.139. The van der Waals surface area contributed by atoms with Crippen LogP contribution in [0.2, 0.25) is 0 Å². The Kier molecular flexibility index (Phi) is 4.51. The van der Waals surface area contributed by atoms with Crippen molar-refractivity contribution < 1.29 is 4.79 Å². The molecule has 2 aromatic rings. The van der Waals surface area contributed by atoms with Gasteiger partial charge in [0, 0.05) is 26.0 Å². The first-order valence-electron chi connectivity index (χ1n) is 6.83. The summed E-state index contributed by atoms with van der Waals surface area (Å²) in [5, 5.41) is 8.45. The SMILES string of the molecule is CCn1nccc1CN(C)C(=O)C(C)(C)n1cc(Br)cn1. The molecule has 0 bridgehead atoms. The van der Waals surface area contributed by atoms with E-state index in [2.05, 4.69) is 26.1 Å². The fourth-order valence-corrected chi connectivity index (χ4v) is 2.55. The van der Waals surface area contributed by atoms with Gasteiger partial charge in [0.15, 0.2) is 0 Å². The van der Waals surface area contributed by atoms with Crippen LogP contribution in [-0.4, -0.2) is 37.4 Å². The predicted molar refractivity (Wildman–Crippen MR) is 83.6 cm³/mol. The van der Waals surface area contributed by atoms with Gasteiger partial charge in [0.1, 0.15) is 5.54 Å². The highest BCUT2D eigenvalue weighted by Crippen LogP contribution is 2.20. The summed E-state index contributed by atoms with van der Waals surface area (Å²) in [6, 6.07) is 1.94. The lowest BCUT2D eigenvalue weighted by Crippen LogP contribution is -2.45. The molecule has 0 spiro atoms. The van der Waals surface area contributed by atoms with Crippen LogP contribution in [0.15, 0.2) is 29.1 Å². The molecule has 0 saturated heterocycles. The fraction of sp³-hybridized carbons (Fsp3) is 0.500. The number of amides is 1. The summed E-state index contributed by atoms with van der Waals surface area (Å²) in [6.07, 6.45) is 5.25. The standard InChI is InChI=1S/C14H20BrN5O/c1-5-19-12(6-7-16-19)10-18(4)13(21)14(2,3)20-9-11(15)8-17-20/h6-9H,5,10H2,1-4H3. The van der Waals surface area contributed by atoms with Crippen molar-refractivity contribution in [2.45, 2.75) is 39.4 Å². The van der Waals surface area contributed by atoms with Crippen molar-refractivity contribution in [3.63, 3.8) is 0 Å².